The Labute approximate surface area is 147 Å². The lowest BCUT2D eigenvalue weighted by Gasteiger charge is -2.32. The maximum absolute atomic E-state index is 13.0. The predicted octanol–water partition coefficient (Wildman–Crippen LogP) is 2.54. The first kappa shape index (κ1) is 17.2. The summed E-state index contributed by atoms with van der Waals surface area (Å²) in [5, 5.41) is 14.0. The summed E-state index contributed by atoms with van der Waals surface area (Å²) < 4.78 is 1.58. The number of benzene rings is 1. The van der Waals surface area contributed by atoms with Gasteiger partial charge in [-0.1, -0.05) is 45.0 Å². The molecular weight excluding hydrogens is 318 g/mol. The largest absolute Gasteiger partial charge is 0.481 e. The molecule has 1 N–H and O–H groups in total. The van der Waals surface area contributed by atoms with E-state index in [-0.39, 0.29) is 17.9 Å². The summed E-state index contributed by atoms with van der Waals surface area (Å²) >= 11 is 0. The van der Waals surface area contributed by atoms with Crippen molar-refractivity contribution in [3.8, 4) is 0 Å². The minimum Gasteiger partial charge on any atom is -0.481 e. The molecular formula is C19H23N3O3. The van der Waals surface area contributed by atoms with E-state index < -0.39 is 11.9 Å². The number of aromatic nitrogens is 2. The van der Waals surface area contributed by atoms with E-state index in [9.17, 15) is 14.7 Å². The number of carbonyl (C=O) groups is 2. The fraction of sp³-hybridized carbons (Fsp3) is 0.421. The molecule has 0 radical (unpaired) electrons. The van der Waals surface area contributed by atoms with Crippen LogP contribution in [0.25, 0.3) is 0 Å². The van der Waals surface area contributed by atoms with Crippen LogP contribution < -0.4 is 0 Å². The molecule has 1 aliphatic rings. The third kappa shape index (κ3) is 3.16. The molecule has 0 aliphatic carbocycles. The zero-order valence-corrected chi connectivity index (χ0v) is 15.0. The predicted molar refractivity (Wildman–Crippen MR) is 93.5 cm³/mol. The van der Waals surface area contributed by atoms with Gasteiger partial charge in [-0.05, 0) is 17.2 Å². The molecule has 1 aromatic heterocycles. The standard InChI is InChI=1S/C19H23N3O3/c1-19(2,3)16-9-15(21(4)20-16)17(23)22-10-12-7-5-6-8-13(12)14(11-22)18(24)25/h5-9,14H,10-11H2,1-4H3,(H,24,25). The smallest absolute Gasteiger partial charge is 0.312 e. The van der Waals surface area contributed by atoms with Crippen molar-refractivity contribution in [3.05, 3.63) is 52.8 Å². The zero-order chi connectivity index (χ0) is 18.4. The maximum atomic E-state index is 13.0. The Balaban J connectivity index is 1.94. The molecule has 1 amide bonds. The van der Waals surface area contributed by atoms with Gasteiger partial charge in [-0.25, -0.2) is 0 Å². The topological polar surface area (TPSA) is 75.4 Å². The summed E-state index contributed by atoms with van der Waals surface area (Å²) in [7, 11) is 1.75. The van der Waals surface area contributed by atoms with Crippen LogP contribution in [0.4, 0.5) is 0 Å². The zero-order valence-electron chi connectivity index (χ0n) is 15.0. The number of carbonyl (C=O) groups excluding carboxylic acids is 1. The molecule has 0 saturated heterocycles. The average molecular weight is 341 g/mol. The van der Waals surface area contributed by atoms with E-state index in [0.717, 1.165) is 16.8 Å². The normalized spacial score (nSPS) is 17.3. The highest BCUT2D eigenvalue weighted by atomic mass is 16.4. The lowest BCUT2D eigenvalue weighted by Crippen LogP contribution is -2.41. The van der Waals surface area contributed by atoms with Crippen LogP contribution in [0.5, 0.6) is 0 Å². The van der Waals surface area contributed by atoms with Crippen LogP contribution in [-0.2, 0) is 23.8 Å². The molecule has 0 fully saturated rings. The van der Waals surface area contributed by atoms with E-state index in [0.29, 0.717) is 12.2 Å². The highest BCUT2D eigenvalue weighted by molar-refractivity contribution is 5.93. The van der Waals surface area contributed by atoms with Crippen LogP contribution in [0.3, 0.4) is 0 Å². The van der Waals surface area contributed by atoms with Crippen molar-refractivity contribution in [3.63, 3.8) is 0 Å². The third-order valence-electron chi connectivity index (χ3n) is 4.65. The molecule has 1 aliphatic heterocycles. The Hall–Kier alpha value is -2.63. The number of hydrogen-bond donors (Lipinski definition) is 1. The molecule has 0 spiro atoms. The van der Waals surface area contributed by atoms with Crippen LogP contribution >= 0.6 is 0 Å². The maximum Gasteiger partial charge on any atom is 0.312 e. The van der Waals surface area contributed by atoms with E-state index in [1.807, 2.05) is 45.0 Å². The van der Waals surface area contributed by atoms with E-state index in [1.165, 1.54) is 0 Å². The first-order valence-corrected chi connectivity index (χ1v) is 8.33. The molecule has 6 heteroatoms. The Bertz CT molecular complexity index is 833. The van der Waals surface area contributed by atoms with Crippen LogP contribution in [0.1, 0.15) is 54.0 Å². The highest BCUT2D eigenvalue weighted by Gasteiger charge is 2.34. The van der Waals surface area contributed by atoms with Gasteiger partial charge in [-0.3, -0.25) is 14.3 Å². The van der Waals surface area contributed by atoms with Gasteiger partial charge in [0.25, 0.3) is 5.91 Å². The SMILES string of the molecule is Cn1nc(C(C)(C)C)cc1C(=O)N1Cc2ccccc2C(C(=O)O)C1. The van der Waals surface area contributed by atoms with Crippen LogP contribution in [0.2, 0.25) is 0 Å². The van der Waals surface area contributed by atoms with Crippen LogP contribution in [0, 0.1) is 0 Å². The van der Waals surface area contributed by atoms with Gasteiger partial charge >= 0.3 is 5.97 Å². The van der Waals surface area contributed by atoms with Gasteiger partial charge in [0.1, 0.15) is 5.69 Å². The van der Waals surface area contributed by atoms with Crippen molar-refractivity contribution in [1.82, 2.24) is 14.7 Å². The van der Waals surface area contributed by atoms with Gasteiger partial charge in [0.2, 0.25) is 0 Å². The Morgan fingerprint density at radius 3 is 2.52 bits per heavy atom. The summed E-state index contributed by atoms with van der Waals surface area (Å²) in [4.78, 5) is 26.3. The Morgan fingerprint density at radius 1 is 1.24 bits per heavy atom. The van der Waals surface area contributed by atoms with Gasteiger partial charge in [-0.15, -0.1) is 0 Å². The quantitative estimate of drug-likeness (QED) is 0.911. The second-order valence-electron chi connectivity index (χ2n) is 7.56. The summed E-state index contributed by atoms with van der Waals surface area (Å²) in [5.74, 6) is -1.80. The molecule has 132 valence electrons. The number of amides is 1. The average Bonchev–Trinajstić information content (AvgIpc) is 2.95. The lowest BCUT2D eigenvalue weighted by atomic mass is 9.89. The van der Waals surface area contributed by atoms with Crippen molar-refractivity contribution < 1.29 is 14.7 Å². The van der Waals surface area contributed by atoms with Crippen molar-refractivity contribution in [1.29, 1.82) is 0 Å². The first-order chi connectivity index (χ1) is 11.7. The van der Waals surface area contributed by atoms with Crippen molar-refractivity contribution in [2.45, 2.75) is 38.6 Å². The van der Waals surface area contributed by atoms with E-state index in [1.54, 1.807) is 22.7 Å². The number of hydrogen-bond acceptors (Lipinski definition) is 3. The second-order valence-corrected chi connectivity index (χ2v) is 7.56. The molecule has 25 heavy (non-hydrogen) atoms. The van der Waals surface area contributed by atoms with Crippen molar-refractivity contribution >= 4 is 11.9 Å². The lowest BCUT2D eigenvalue weighted by molar-refractivity contribution is -0.139. The second kappa shape index (κ2) is 6.02. The molecule has 6 nitrogen and oxygen atoms in total. The number of aryl methyl sites for hydroxylation is 1. The Kier molecular flexibility index (Phi) is 4.14. The van der Waals surface area contributed by atoms with Crippen LogP contribution in [-0.4, -0.2) is 38.2 Å². The van der Waals surface area contributed by atoms with Gasteiger partial charge in [0, 0.05) is 25.6 Å². The first-order valence-electron chi connectivity index (χ1n) is 8.33. The van der Waals surface area contributed by atoms with Gasteiger partial charge in [0.05, 0.1) is 11.6 Å². The summed E-state index contributed by atoms with van der Waals surface area (Å²) in [6.07, 6.45) is 0. The monoisotopic (exact) mass is 341 g/mol. The molecule has 0 saturated carbocycles. The van der Waals surface area contributed by atoms with Gasteiger partial charge < -0.3 is 10.0 Å². The van der Waals surface area contributed by atoms with E-state index >= 15 is 0 Å². The minimum absolute atomic E-state index is 0.158. The molecule has 2 heterocycles. The summed E-state index contributed by atoms with van der Waals surface area (Å²) in [5.41, 5.74) is 2.83. The van der Waals surface area contributed by atoms with Crippen LogP contribution in [0.15, 0.2) is 30.3 Å². The number of carboxylic acids is 1. The molecule has 1 atom stereocenters. The number of carboxylic acid groups (broad SMARTS) is 1. The van der Waals surface area contributed by atoms with E-state index in [2.05, 4.69) is 5.10 Å². The van der Waals surface area contributed by atoms with Gasteiger partial charge in [0.15, 0.2) is 0 Å². The van der Waals surface area contributed by atoms with Crippen molar-refractivity contribution in [2.24, 2.45) is 7.05 Å². The Morgan fingerprint density at radius 2 is 1.92 bits per heavy atom. The van der Waals surface area contributed by atoms with Crippen molar-refractivity contribution in [2.75, 3.05) is 6.54 Å². The minimum atomic E-state index is -0.912. The molecule has 3 rings (SSSR count). The molecule has 1 aromatic carbocycles. The summed E-state index contributed by atoms with van der Waals surface area (Å²) in [6, 6.07) is 9.22. The number of aliphatic carboxylic acids is 1. The molecule has 1 unspecified atom stereocenters. The van der Waals surface area contributed by atoms with Gasteiger partial charge in [-0.2, -0.15) is 5.10 Å². The number of fused-ring (bicyclic) bond motifs is 1. The highest BCUT2D eigenvalue weighted by Crippen LogP contribution is 2.30. The number of nitrogens with zero attached hydrogens (tertiary/aromatic N) is 3. The fourth-order valence-corrected chi connectivity index (χ4v) is 3.17. The molecule has 0 bridgehead atoms. The summed E-state index contributed by atoms with van der Waals surface area (Å²) in [6.45, 7) is 6.71. The van der Waals surface area contributed by atoms with E-state index in [4.69, 9.17) is 0 Å². The number of rotatable bonds is 2. The third-order valence-corrected chi connectivity index (χ3v) is 4.65. The fourth-order valence-electron chi connectivity index (χ4n) is 3.17. The molecule has 2 aromatic rings.